The van der Waals surface area contributed by atoms with Gasteiger partial charge in [-0.2, -0.15) is 4.31 Å². The van der Waals surface area contributed by atoms with Crippen molar-refractivity contribution in [1.29, 1.82) is 0 Å². The van der Waals surface area contributed by atoms with Gasteiger partial charge in [0.05, 0.1) is 13.2 Å². The minimum absolute atomic E-state index is 0.00123. The van der Waals surface area contributed by atoms with E-state index in [1.54, 1.807) is 50.5 Å². The molecule has 1 aliphatic rings. The Labute approximate surface area is 223 Å². The average Bonchev–Trinajstić information content (AvgIpc) is 2.93. The number of aromatic nitrogens is 1. The average molecular weight is 534 g/mol. The Balaban J connectivity index is 1.72. The highest BCUT2D eigenvalue weighted by Crippen LogP contribution is 2.34. The van der Waals surface area contributed by atoms with Crippen LogP contribution in [0.4, 0.5) is 0 Å². The van der Waals surface area contributed by atoms with E-state index in [4.69, 9.17) is 4.74 Å². The lowest BCUT2D eigenvalue weighted by Crippen LogP contribution is -2.50. The third-order valence-corrected chi connectivity index (χ3v) is 8.50. The van der Waals surface area contributed by atoms with Crippen LogP contribution in [-0.4, -0.2) is 72.5 Å². The number of likely N-dealkylation sites (N-methyl/N-ethyl adjacent to an activating group) is 1. The van der Waals surface area contributed by atoms with Crippen LogP contribution in [0.15, 0.2) is 77.8 Å². The Bertz CT molecular complexity index is 1440. The van der Waals surface area contributed by atoms with Crippen molar-refractivity contribution >= 4 is 15.9 Å². The first-order chi connectivity index (χ1) is 18.2. The fourth-order valence-electron chi connectivity index (χ4n) is 4.22. The summed E-state index contributed by atoms with van der Waals surface area (Å²) in [5.74, 6) is 5.75. The number of rotatable bonds is 5. The molecule has 0 aliphatic carbocycles. The molecule has 0 fully saturated rings. The summed E-state index contributed by atoms with van der Waals surface area (Å²) in [6, 6.07) is 18.7. The van der Waals surface area contributed by atoms with Crippen molar-refractivity contribution in [3.8, 4) is 17.6 Å². The van der Waals surface area contributed by atoms with Crippen LogP contribution in [0.3, 0.4) is 0 Å². The first-order valence-corrected chi connectivity index (χ1v) is 13.8. The summed E-state index contributed by atoms with van der Waals surface area (Å²) < 4.78 is 35.0. The molecule has 9 heteroatoms. The molecule has 8 nitrogen and oxygen atoms in total. The maximum atomic E-state index is 13.7. The summed E-state index contributed by atoms with van der Waals surface area (Å²) in [5, 5.41) is 9.83. The molecule has 0 saturated carbocycles. The highest BCUT2D eigenvalue weighted by molar-refractivity contribution is 7.89. The number of carbonyl (C=O) groups excluding carboxylic acids is 1. The molecule has 1 amide bonds. The number of nitrogens with zero attached hydrogens (tertiary/aromatic N) is 3. The molecule has 4 rings (SSSR count). The van der Waals surface area contributed by atoms with Gasteiger partial charge in [-0.15, -0.1) is 0 Å². The summed E-state index contributed by atoms with van der Waals surface area (Å²) in [6.07, 6.45) is 1.02. The summed E-state index contributed by atoms with van der Waals surface area (Å²) in [5.41, 5.74) is 1.73. The largest absolute Gasteiger partial charge is 0.487 e. The van der Waals surface area contributed by atoms with E-state index in [0.29, 0.717) is 11.3 Å². The van der Waals surface area contributed by atoms with Gasteiger partial charge in [0.1, 0.15) is 22.4 Å². The minimum Gasteiger partial charge on any atom is -0.487 e. The van der Waals surface area contributed by atoms with Crippen molar-refractivity contribution in [2.24, 2.45) is 5.92 Å². The quantitative estimate of drug-likeness (QED) is 0.506. The van der Waals surface area contributed by atoms with Gasteiger partial charge in [0.15, 0.2) is 0 Å². The molecule has 1 aliphatic heterocycles. The molecular weight excluding hydrogens is 502 g/mol. The topological polar surface area (TPSA) is 100 Å². The first-order valence-electron chi connectivity index (χ1n) is 12.4. The Hall–Kier alpha value is -3.71. The van der Waals surface area contributed by atoms with Crippen molar-refractivity contribution in [3.63, 3.8) is 0 Å². The number of pyridine rings is 1. The maximum absolute atomic E-state index is 13.7. The van der Waals surface area contributed by atoms with Crippen molar-refractivity contribution in [1.82, 2.24) is 14.2 Å². The third-order valence-electron chi connectivity index (χ3n) is 6.48. The standard InChI is InChI=1S/C29H31N3O5S/c1-21-18-32(22(2)20-33)38(35,36)28-15-14-24(13-12-23-9-5-4-6-10-23)17-26(28)37-27(21)19-31(3)29(34)25-11-7-8-16-30-25/h4-11,14-17,21-22,27,33H,18-20H2,1-3H3/t21-,22-,27-/m0/s1. The fourth-order valence-corrected chi connectivity index (χ4v) is 6.05. The molecule has 1 N–H and O–H groups in total. The summed E-state index contributed by atoms with van der Waals surface area (Å²) in [4.78, 5) is 18.6. The summed E-state index contributed by atoms with van der Waals surface area (Å²) >= 11 is 0. The Morgan fingerprint density at radius 3 is 2.53 bits per heavy atom. The van der Waals surface area contributed by atoms with Crippen LogP contribution in [0, 0.1) is 17.8 Å². The number of benzene rings is 2. The third kappa shape index (κ3) is 6.05. The number of sulfonamides is 1. The molecule has 0 spiro atoms. The van der Waals surface area contributed by atoms with Gasteiger partial charge in [-0.1, -0.05) is 43.0 Å². The van der Waals surface area contributed by atoms with E-state index in [9.17, 15) is 18.3 Å². The zero-order chi connectivity index (χ0) is 27.3. The number of fused-ring (bicyclic) bond motifs is 1. The number of hydrogen-bond acceptors (Lipinski definition) is 6. The van der Waals surface area contributed by atoms with E-state index in [-0.39, 0.29) is 42.2 Å². The van der Waals surface area contributed by atoms with Gasteiger partial charge in [0.2, 0.25) is 10.0 Å². The zero-order valence-electron chi connectivity index (χ0n) is 21.6. The molecule has 0 saturated heterocycles. The smallest absolute Gasteiger partial charge is 0.272 e. The Morgan fingerprint density at radius 2 is 1.84 bits per heavy atom. The highest BCUT2D eigenvalue weighted by atomic mass is 32.2. The second-order valence-corrected chi connectivity index (χ2v) is 11.3. The SMILES string of the molecule is C[C@H]1CN([C@@H](C)CO)S(=O)(=O)c2ccc(C#Cc3ccccc3)cc2O[C@H]1CN(C)C(=O)c1ccccn1. The molecule has 0 unspecified atom stereocenters. The van der Waals surface area contributed by atoms with Crippen LogP contribution in [0.1, 0.15) is 35.5 Å². The van der Waals surface area contributed by atoms with Crippen LogP contribution >= 0.6 is 0 Å². The van der Waals surface area contributed by atoms with E-state index >= 15 is 0 Å². The predicted molar refractivity (Wildman–Crippen MR) is 144 cm³/mol. The zero-order valence-corrected chi connectivity index (χ0v) is 22.4. The first kappa shape index (κ1) is 27.3. The number of aliphatic hydroxyl groups is 1. The van der Waals surface area contributed by atoms with Crippen LogP contribution in [0.5, 0.6) is 5.75 Å². The Kier molecular flexibility index (Phi) is 8.47. The van der Waals surface area contributed by atoms with Crippen molar-refractivity contribution in [2.75, 3.05) is 26.7 Å². The fraction of sp³-hybridized carbons (Fsp3) is 0.310. The maximum Gasteiger partial charge on any atom is 0.272 e. The number of amides is 1. The molecule has 0 radical (unpaired) electrons. The molecule has 3 atom stereocenters. The van der Waals surface area contributed by atoms with Crippen molar-refractivity contribution in [3.05, 3.63) is 89.7 Å². The molecule has 1 aromatic heterocycles. The van der Waals surface area contributed by atoms with Gasteiger partial charge in [0, 0.05) is 42.9 Å². The van der Waals surface area contributed by atoms with E-state index in [1.165, 1.54) is 15.3 Å². The van der Waals surface area contributed by atoms with Crippen molar-refractivity contribution < 1.29 is 23.1 Å². The van der Waals surface area contributed by atoms with Gasteiger partial charge in [0.25, 0.3) is 5.91 Å². The molecule has 2 aromatic carbocycles. The Morgan fingerprint density at radius 1 is 1.13 bits per heavy atom. The number of aliphatic hydroxyl groups excluding tert-OH is 1. The van der Waals surface area contributed by atoms with Gasteiger partial charge in [-0.3, -0.25) is 9.78 Å². The molecule has 198 valence electrons. The number of hydrogen-bond donors (Lipinski definition) is 1. The van der Waals surface area contributed by atoms with Gasteiger partial charge < -0.3 is 14.7 Å². The second kappa shape index (κ2) is 11.8. The molecule has 38 heavy (non-hydrogen) atoms. The van der Waals surface area contributed by atoms with E-state index in [0.717, 1.165) is 5.56 Å². The summed E-state index contributed by atoms with van der Waals surface area (Å²) in [6.45, 7) is 3.54. The lowest BCUT2D eigenvalue weighted by Gasteiger charge is -2.37. The van der Waals surface area contributed by atoms with Crippen LogP contribution in [0.25, 0.3) is 0 Å². The van der Waals surface area contributed by atoms with Crippen LogP contribution in [-0.2, 0) is 10.0 Å². The summed E-state index contributed by atoms with van der Waals surface area (Å²) in [7, 11) is -2.31. The van der Waals surface area contributed by atoms with Gasteiger partial charge in [-0.05, 0) is 49.4 Å². The predicted octanol–water partition coefficient (Wildman–Crippen LogP) is 3.02. The van der Waals surface area contributed by atoms with Gasteiger partial charge in [-0.25, -0.2) is 8.42 Å². The van der Waals surface area contributed by atoms with E-state index in [1.807, 2.05) is 37.3 Å². The second-order valence-electron chi connectivity index (χ2n) is 9.42. The van der Waals surface area contributed by atoms with Crippen LogP contribution in [0.2, 0.25) is 0 Å². The highest BCUT2D eigenvalue weighted by Gasteiger charge is 2.38. The molecule has 3 aromatic rings. The monoisotopic (exact) mass is 533 g/mol. The lowest BCUT2D eigenvalue weighted by molar-refractivity contribution is 0.0559. The number of ether oxygens (including phenoxy) is 1. The molecular formula is C29H31N3O5S. The van der Waals surface area contributed by atoms with E-state index in [2.05, 4.69) is 16.8 Å². The van der Waals surface area contributed by atoms with Gasteiger partial charge >= 0.3 is 0 Å². The molecule has 0 bridgehead atoms. The minimum atomic E-state index is -3.97. The molecule has 2 heterocycles. The number of carbonyl (C=O) groups is 1. The van der Waals surface area contributed by atoms with E-state index < -0.39 is 22.2 Å². The normalized spacial score (nSPS) is 19.5. The van der Waals surface area contributed by atoms with Crippen LogP contribution < -0.4 is 4.74 Å². The lowest BCUT2D eigenvalue weighted by atomic mass is 10.0. The van der Waals surface area contributed by atoms with Crippen molar-refractivity contribution in [2.45, 2.75) is 30.9 Å².